The molecule has 0 aliphatic carbocycles. The molecule has 4 nitrogen and oxygen atoms in total. The maximum absolute atomic E-state index is 12.2. The van der Waals surface area contributed by atoms with Crippen LogP contribution in [0.2, 0.25) is 0 Å². The van der Waals surface area contributed by atoms with Gasteiger partial charge in [-0.15, -0.1) is 0 Å². The van der Waals surface area contributed by atoms with Crippen molar-refractivity contribution in [2.24, 2.45) is 5.10 Å². The molecule has 2 aromatic carbocycles. The number of hydrogen-bond acceptors (Lipinski definition) is 3. The highest BCUT2D eigenvalue weighted by Crippen LogP contribution is 2.22. The van der Waals surface area contributed by atoms with Crippen molar-refractivity contribution in [1.29, 1.82) is 0 Å². The Morgan fingerprint density at radius 1 is 0.769 bits per heavy atom. The quantitative estimate of drug-likeness (QED) is 0.711. The largest absolute Gasteiger partial charge is 0.273 e. The molecule has 26 heavy (non-hydrogen) atoms. The van der Waals surface area contributed by atoms with Crippen LogP contribution in [0, 0.1) is 0 Å². The standard InChI is InChI=1S/C22H19N3O/c26-22-14-13-21(24-25(22)16-20-8-4-5-15-23-20)19-11-9-18(10-12-19)17-6-2-1-3-7-17/h1-12,15H,13-14,16H2. The molecule has 0 saturated carbocycles. The van der Waals surface area contributed by atoms with Crippen molar-refractivity contribution in [2.45, 2.75) is 19.4 Å². The van der Waals surface area contributed by atoms with Crippen LogP contribution in [-0.2, 0) is 11.3 Å². The van der Waals surface area contributed by atoms with Gasteiger partial charge in [-0.1, -0.05) is 60.7 Å². The number of carbonyl (C=O) groups is 1. The van der Waals surface area contributed by atoms with Crippen molar-refractivity contribution in [3.05, 3.63) is 90.3 Å². The molecule has 0 radical (unpaired) electrons. The third kappa shape index (κ3) is 3.54. The van der Waals surface area contributed by atoms with Crippen molar-refractivity contribution in [1.82, 2.24) is 9.99 Å². The van der Waals surface area contributed by atoms with Crippen LogP contribution in [0.5, 0.6) is 0 Å². The molecule has 0 saturated heterocycles. The van der Waals surface area contributed by atoms with Gasteiger partial charge in [0.15, 0.2) is 0 Å². The zero-order chi connectivity index (χ0) is 17.8. The number of amides is 1. The Bertz CT molecular complexity index is 919. The molecule has 4 heteroatoms. The van der Waals surface area contributed by atoms with E-state index in [1.807, 2.05) is 36.4 Å². The summed E-state index contributed by atoms with van der Waals surface area (Å²) < 4.78 is 0. The highest BCUT2D eigenvalue weighted by molar-refractivity contribution is 6.04. The van der Waals surface area contributed by atoms with Crippen LogP contribution < -0.4 is 0 Å². The third-order valence-corrected chi connectivity index (χ3v) is 4.47. The van der Waals surface area contributed by atoms with Crippen LogP contribution in [0.3, 0.4) is 0 Å². The van der Waals surface area contributed by atoms with Gasteiger partial charge >= 0.3 is 0 Å². The van der Waals surface area contributed by atoms with E-state index in [1.54, 1.807) is 6.20 Å². The maximum Gasteiger partial charge on any atom is 0.243 e. The summed E-state index contributed by atoms with van der Waals surface area (Å²) >= 11 is 0. The molecule has 2 heterocycles. The second-order valence-corrected chi connectivity index (χ2v) is 6.26. The van der Waals surface area contributed by atoms with E-state index < -0.39 is 0 Å². The average Bonchev–Trinajstić information content (AvgIpc) is 2.71. The first kappa shape index (κ1) is 16.2. The fraction of sp³-hybridized carbons (Fsp3) is 0.136. The molecular formula is C22H19N3O. The summed E-state index contributed by atoms with van der Waals surface area (Å²) in [6.45, 7) is 0.408. The lowest BCUT2D eigenvalue weighted by molar-refractivity contribution is -0.132. The topological polar surface area (TPSA) is 45.6 Å². The lowest BCUT2D eigenvalue weighted by atomic mass is 10.00. The minimum atomic E-state index is 0.0420. The van der Waals surface area contributed by atoms with Crippen LogP contribution in [0.15, 0.2) is 84.1 Å². The number of hydrogen-bond donors (Lipinski definition) is 0. The van der Waals surface area contributed by atoms with Gasteiger partial charge in [-0.3, -0.25) is 9.78 Å². The van der Waals surface area contributed by atoms with Gasteiger partial charge in [0.25, 0.3) is 0 Å². The summed E-state index contributed by atoms with van der Waals surface area (Å²) in [6.07, 6.45) is 2.88. The molecule has 0 fully saturated rings. The summed E-state index contributed by atoms with van der Waals surface area (Å²) in [7, 11) is 0. The van der Waals surface area contributed by atoms with Crippen LogP contribution in [0.4, 0.5) is 0 Å². The predicted molar refractivity (Wildman–Crippen MR) is 102 cm³/mol. The first-order valence-corrected chi connectivity index (χ1v) is 8.73. The molecule has 1 amide bonds. The maximum atomic E-state index is 12.2. The van der Waals surface area contributed by atoms with Crippen molar-refractivity contribution in [2.75, 3.05) is 0 Å². The Kier molecular flexibility index (Phi) is 4.56. The van der Waals surface area contributed by atoms with Crippen molar-refractivity contribution >= 4 is 11.6 Å². The molecule has 1 aromatic heterocycles. The summed E-state index contributed by atoms with van der Waals surface area (Å²) in [5.74, 6) is 0.0420. The second kappa shape index (κ2) is 7.31. The Morgan fingerprint density at radius 3 is 2.19 bits per heavy atom. The Balaban J connectivity index is 1.56. The van der Waals surface area contributed by atoms with Gasteiger partial charge in [0, 0.05) is 19.0 Å². The number of pyridine rings is 1. The number of rotatable bonds is 4. The van der Waals surface area contributed by atoms with Gasteiger partial charge in [0.05, 0.1) is 18.0 Å². The lowest BCUT2D eigenvalue weighted by Crippen LogP contribution is -2.31. The van der Waals surface area contributed by atoms with E-state index in [0.29, 0.717) is 19.4 Å². The Morgan fingerprint density at radius 2 is 1.46 bits per heavy atom. The monoisotopic (exact) mass is 341 g/mol. The summed E-state index contributed by atoms with van der Waals surface area (Å²) in [6, 6.07) is 24.3. The number of nitrogens with zero attached hydrogens (tertiary/aromatic N) is 3. The van der Waals surface area contributed by atoms with Gasteiger partial charge in [-0.25, -0.2) is 5.01 Å². The molecule has 1 aliphatic heterocycles. The Labute approximate surface area is 152 Å². The Hall–Kier alpha value is -3.27. The molecule has 4 rings (SSSR count). The van der Waals surface area contributed by atoms with Gasteiger partial charge in [0.1, 0.15) is 0 Å². The smallest absolute Gasteiger partial charge is 0.243 e. The van der Waals surface area contributed by atoms with Gasteiger partial charge in [-0.05, 0) is 28.8 Å². The van der Waals surface area contributed by atoms with Crippen molar-refractivity contribution in [3.8, 4) is 11.1 Å². The SMILES string of the molecule is O=C1CCC(c2ccc(-c3ccccc3)cc2)=NN1Cc1ccccn1. The molecular weight excluding hydrogens is 322 g/mol. The van der Waals surface area contributed by atoms with Crippen LogP contribution in [-0.4, -0.2) is 21.6 Å². The molecule has 0 unspecified atom stereocenters. The van der Waals surface area contributed by atoms with Gasteiger partial charge in [-0.2, -0.15) is 5.10 Å². The first-order valence-electron chi connectivity index (χ1n) is 8.73. The molecule has 0 N–H and O–H groups in total. The highest BCUT2D eigenvalue weighted by atomic mass is 16.2. The summed E-state index contributed by atoms with van der Waals surface area (Å²) in [5.41, 5.74) is 5.21. The second-order valence-electron chi connectivity index (χ2n) is 6.26. The highest BCUT2D eigenvalue weighted by Gasteiger charge is 2.21. The normalized spacial score (nSPS) is 14.2. The van der Waals surface area contributed by atoms with E-state index in [4.69, 9.17) is 0 Å². The molecule has 1 aliphatic rings. The van der Waals surface area contributed by atoms with E-state index in [1.165, 1.54) is 16.1 Å². The minimum absolute atomic E-state index is 0.0420. The van der Waals surface area contributed by atoms with Crippen LogP contribution in [0.1, 0.15) is 24.1 Å². The summed E-state index contributed by atoms with van der Waals surface area (Å²) in [5, 5.41) is 6.13. The van der Waals surface area contributed by atoms with E-state index >= 15 is 0 Å². The fourth-order valence-corrected chi connectivity index (χ4v) is 3.06. The van der Waals surface area contributed by atoms with E-state index in [-0.39, 0.29) is 5.91 Å². The molecule has 0 atom stereocenters. The number of aromatic nitrogens is 1. The zero-order valence-corrected chi connectivity index (χ0v) is 14.4. The number of hydrazone groups is 1. The predicted octanol–water partition coefficient (Wildman–Crippen LogP) is 4.28. The first-order chi connectivity index (χ1) is 12.8. The van der Waals surface area contributed by atoms with E-state index in [0.717, 1.165) is 17.0 Å². The van der Waals surface area contributed by atoms with Crippen molar-refractivity contribution < 1.29 is 4.79 Å². The van der Waals surface area contributed by atoms with Crippen LogP contribution >= 0.6 is 0 Å². The molecule has 128 valence electrons. The van der Waals surface area contributed by atoms with Crippen molar-refractivity contribution in [3.63, 3.8) is 0 Å². The third-order valence-electron chi connectivity index (χ3n) is 4.47. The minimum Gasteiger partial charge on any atom is -0.273 e. The lowest BCUT2D eigenvalue weighted by Gasteiger charge is -2.23. The van der Waals surface area contributed by atoms with E-state index in [2.05, 4.69) is 46.5 Å². The number of benzene rings is 2. The van der Waals surface area contributed by atoms with E-state index in [9.17, 15) is 4.79 Å². The molecule has 0 bridgehead atoms. The number of carbonyl (C=O) groups excluding carboxylic acids is 1. The zero-order valence-electron chi connectivity index (χ0n) is 14.4. The average molecular weight is 341 g/mol. The molecule has 3 aromatic rings. The van der Waals surface area contributed by atoms with Crippen LogP contribution in [0.25, 0.3) is 11.1 Å². The fourth-order valence-electron chi connectivity index (χ4n) is 3.06. The van der Waals surface area contributed by atoms with Gasteiger partial charge < -0.3 is 0 Å². The van der Waals surface area contributed by atoms with Gasteiger partial charge in [0.2, 0.25) is 5.91 Å². The summed E-state index contributed by atoms with van der Waals surface area (Å²) in [4.78, 5) is 16.5. The molecule has 0 spiro atoms.